The van der Waals surface area contributed by atoms with Crippen molar-refractivity contribution in [2.45, 2.75) is 39.6 Å². The molecule has 0 aliphatic carbocycles. The summed E-state index contributed by atoms with van der Waals surface area (Å²) >= 11 is 0. The lowest BCUT2D eigenvalue weighted by Gasteiger charge is -2.36. The third kappa shape index (κ3) is 6.55. The highest BCUT2D eigenvalue weighted by Crippen LogP contribution is 2.23. The Labute approximate surface area is 182 Å². The van der Waals surface area contributed by atoms with Crippen molar-refractivity contribution in [3.63, 3.8) is 0 Å². The summed E-state index contributed by atoms with van der Waals surface area (Å²) in [4.78, 5) is 20.7. The molecule has 1 fully saturated rings. The Hall–Kier alpha value is -2.87. The molecule has 1 saturated heterocycles. The molecular formula is C23H30FN3O4. The first kappa shape index (κ1) is 22.8. The van der Waals surface area contributed by atoms with Crippen molar-refractivity contribution in [1.29, 1.82) is 0 Å². The minimum absolute atomic E-state index is 0.0853. The average Bonchev–Trinajstić information content (AvgIpc) is 2.72. The fourth-order valence-corrected chi connectivity index (χ4v) is 3.24. The number of hydrogen-bond acceptors (Lipinski definition) is 6. The molecule has 168 valence electrons. The SMILES string of the molecule is COCc1cc(OCc2ccccc2F)nc(N2CCN(C(=O)OC(C)(C)C)CC2)c1. The fraction of sp³-hybridized carbons (Fsp3) is 0.478. The van der Waals surface area contributed by atoms with Crippen molar-refractivity contribution < 1.29 is 23.4 Å². The van der Waals surface area contributed by atoms with Crippen molar-refractivity contribution in [2.75, 3.05) is 38.2 Å². The minimum atomic E-state index is -0.519. The predicted octanol–water partition coefficient (Wildman–Crippen LogP) is 4.00. The molecule has 0 bridgehead atoms. The van der Waals surface area contributed by atoms with E-state index in [9.17, 15) is 9.18 Å². The number of ether oxygens (including phenoxy) is 3. The third-order valence-corrected chi connectivity index (χ3v) is 4.75. The average molecular weight is 432 g/mol. The largest absolute Gasteiger partial charge is 0.473 e. The van der Waals surface area contributed by atoms with Crippen LogP contribution in [0.5, 0.6) is 5.88 Å². The van der Waals surface area contributed by atoms with Gasteiger partial charge in [0.15, 0.2) is 0 Å². The van der Waals surface area contributed by atoms with Crippen molar-refractivity contribution in [2.24, 2.45) is 0 Å². The third-order valence-electron chi connectivity index (χ3n) is 4.75. The number of amides is 1. The van der Waals surface area contributed by atoms with Crippen LogP contribution in [0, 0.1) is 5.82 Å². The number of rotatable bonds is 6. The Morgan fingerprint density at radius 1 is 1.10 bits per heavy atom. The number of pyridine rings is 1. The molecule has 1 aliphatic rings. The van der Waals surface area contributed by atoms with Crippen LogP contribution >= 0.6 is 0 Å². The van der Waals surface area contributed by atoms with Gasteiger partial charge in [0.2, 0.25) is 5.88 Å². The molecule has 1 amide bonds. The molecule has 3 rings (SSSR count). The van der Waals surface area contributed by atoms with E-state index in [1.165, 1.54) is 6.07 Å². The normalized spacial score (nSPS) is 14.5. The summed E-state index contributed by atoms with van der Waals surface area (Å²) in [5.74, 6) is 0.832. The molecule has 0 unspecified atom stereocenters. The first-order chi connectivity index (χ1) is 14.7. The molecule has 1 aromatic heterocycles. The summed E-state index contributed by atoms with van der Waals surface area (Å²) in [5, 5.41) is 0. The van der Waals surface area contributed by atoms with Gasteiger partial charge in [-0.05, 0) is 38.5 Å². The number of carbonyl (C=O) groups is 1. The number of aromatic nitrogens is 1. The second-order valence-electron chi connectivity index (χ2n) is 8.44. The maximum Gasteiger partial charge on any atom is 0.410 e. The van der Waals surface area contributed by atoms with E-state index in [1.807, 2.05) is 26.8 Å². The van der Waals surface area contributed by atoms with Crippen LogP contribution in [0.2, 0.25) is 0 Å². The van der Waals surface area contributed by atoms with Crippen LogP contribution in [-0.4, -0.2) is 54.9 Å². The Balaban J connectivity index is 1.68. The lowest BCUT2D eigenvalue weighted by molar-refractivity contribution is 0.0240. The zero-order chi connectivity index (χ0) is 22.4. The zero-order valence-electron chi connectivity index (χ0n) is 18.6. The van der Waals surface area contributed by atoms with E-state index >= 15 is 0 Å². The Morgan fingerprint density at radius 3 is 2.45 bits per heavy atom. The van der Waals surface area contributed by atoms with Crippen LogP contribution in [0.25, 0.3) is 0 Å². The van der Waals surface area contributed by atoms with Crippen LogP contribution in [-0.2, 0) is 22.7 Å². The molecule has 8 heteroatoms. The van der Waals surface area contributed by atoms with Crippen molar-refractivity contribution in [3.8, 4) is 5.88 Å². The van der Waals surface area contributed by atoms with Crippen LogP contribution in [0.15, 0.2) is 36.4 Å². The first-order valence-corrected chi connectivity index (χ1v) is 10.3. The molecule has 0 N–H and O–H groups in total. The van der Waals surface area contributed by atoms with Gasteiger partial charge in [0, 0.05) is 44.9 Å². The van der Waals surface area contributed by atoms with E-state index in [2.05, 4.69) is 9.88 Å². The fourth-order valence-electron chi connectivity index (χ4n) is 3.24. The lowest BCUT2D eigenvalue weighted by atomic mass is 10.2. The highest BCUT2D eigenvalue weighted by atomic mass is 19.1. The smallest absolute Gasteiger partial charge is 0.410 e. The van der Waals surface area contributed by atoms with Crippen molar-refractivity contribution in [1.82, 2.24) is 9.88 Å². The topological polar surface area (TPSA) is 64.1 Å². The minimum Gasteiger partial charge on any atom is -0.473 e. The van der Waals surface area contributed by atoms with Crippen LogP contribution in [0.1, 0.15) is 31.9 Å². The van der Waals surface area contributed by atoms with E-state index in [-0.39, 0.29) is 18.5 Å². The first-order valence-electron chi connectivity index (χ1n) is 10.3. The molecule has 1 aromatic carbocycles. The summed E-state index contributed by atoms with van der Waals surface area (Å²) in [5.41, 5.74) is 0.855. The maximum absolute atomic E-state index is 13.9. The van der Waals surface area contributed by atoms with E-state index < -0.39 is 5.60 Å². The van der Waals surface area contributed by atoms with E-state index in [0.29, 0.717) is 44.2 Å². The van der Waals surface area contributed by atoms with E-state index in [1.54, 1.807) is 36.3 Å². The van der Waals surface area contributed by atoms with Gasteiger partial charge in [0.25, 0.3) is 0 Å². The number of benzene rings is 1. The van der Waals surface area contributed by atoms with Crippen LogP contribution in [0.4, 0.5) is 15.0 Å². The molecule has 0 radical (unpaired) electrons. The number of carbonyl (C=O) groups excluding carboxylic acids is 1. The molecule has 0 spiro atoms. The summed E-state index contributed by atoms with van der Waals surface area (Å²) in [6, 6.07) is 10.2. The van der Waals surface area contributed by atoms with E-state index in [0.717, 1.165) is 11.4 Å². The van der Waals surface area contributed by atoms with Gasteiger partial charge in [-0.15, -0.1) is 0 Å². The number of nitrogens with zero attached hydrogens (tertiary/aromatic N) is 3. The second-order valence-corrected chi connectivity index (χ2v) is 8.44. The van der Waals surface area contributed by atoms with Crippen LogP contribution < -0.4 is 9.64 Å². The zero-order valence-corrected chi connectivity index (χ0v) is 18.6. The van der Waals surface area contributed by atoms with E-state index in [4.69, 9.17) is 14.2 Å². The molecule has 2 aromatic rings. The monoisotopic (exact) mass is 431 g/mol. The van der Waals surface area contributed by atoms with Crippen molar-refractivity contribution >= 4 is 11.9 Å². The van der Waals surface area contributed by atoms with Gasteiger partial charge in [-0.3, -0.25) is 0 Å². The molecule has 2 heterocycles. The molecular weight excluding hydrogens is 401 g/mol. The molecule has 0 saturated carbocycles. The van der Waals surface area contributed by atoms with Gasteiger partial charge < -0.3 is 24.0 Å². The van der Waals surface area contributed by atoms with Gasteiger partial charge >= 0.3 is 6.09 Å². The number of anilines is 1. The van der Waals surface area contributed by atoms with Gasteiger partial charge in [-0.25, -0.2) is 9.18 Å². The molecule has 7 nitrogen and oxygen atoms in total. The second kappa shape index (κ2) is 9.96. The van der Waals surface area contributed by atoms with Crippen LogP contribution in [0.3, 0.4) is 0 Å². The number of hydrogen-bond donors (Lipinski definition) is 0. The molecule has 1 aliphatic heterocycles. The number of halogens is 1. The highest BCUT2D eigenvalue weighted by molar-refractivity contribution is 5.68. The van der Waals surface area contributed by atoms with Gasteiger partial charge in [-0.1, -0.05) is 18.2 Å². The molecule has 31 heavy (non-hydrogen) atoms. The Kier molecular flexibility index (Phi) is 7.33. The molecule has 0 atom stereocenters. The quantitative estimate of drug-likeness (QED) is 0.689. The van der Waals surface area contributed by atoms with Crippen molar-refractivity contribution in [3.05, 3.63) is 53.3 Å². The Morgan fingerprint density at radius 2 is 1.81 bits per heavy atom. The van der Waals surface area contributed by atoms with Gasteiger partial charge in [0.1, 0.15) is 23.8 Å². The summed E-state index contributed by atoms with van der Waals surface area (Å²) in [6.45, 7) is 8.38. The Bertz CT molecular complexity index is 893. The summed E-state index contributed by atoms with van der Waals surface area (Å²) < 4.78 is 30.4. The summed E-state index contributed by atoms with van der Waals surface area (Å²) in [6.07, 6.45) is -0.304. The summed E-state index contributed by atoms with van der Waals surface area (Å²) in [7, 11) is 1.62. The standard InChI is InChI=1S/C23H30FN3O4/c1-23(2,3)31-22(28)27-11-9-26(10-12-27)20-13-17(15-29-4)14-21(25-20)30-16-18-7-5-6-8-19(18)24/h5-8,13-14H,9-12,15-16H2,1-4H3. The lowest BCUT2D eigenvalue weighted by Crippen LogP contribution is -2.50. The van der Waals surface area contributed by atoms with Gasteiger partial charge in [-0.2, -0.15) is 4.98 Å². The predicted molar refractivity (Wildman–Crippen MR) is 116 cm³/mol. The maximum atomic E-state index is 13.9. The van der Waals surface area contributed by atoms with Gasteiger partial charge in [0.05, 0.1) is 6.61 Å². The number of piperazine rings is 1. The number of methoxy groups -OCH3 is 1. The highest BCUT2D eigenvalue weighted by Gasteiger charge is 2.26.